The van der Waals surface area contributed by atoms with Gasteiger partial charge >= 0.3 is 4.87 Å². The zero-order valence-corrected chi connectivity index (χ0v) is 11.9. The Bertz CT molecular complexity index is 767. The molecule has 0 amide bonds. The number of hydrogen-bond acceptors (Lipinski definition) is 5. The molecular weight excluding hydrogens is 305 g/mol. The molecule has 108 valence electrons. The van der Waals surface area contributed by atoms with E-state index in [0.29, 0.717) is 11.3 Å². The van der Waals surface area contributed by atoms with E-state index >= 15 is 0 Å². The van der Waals surface area contributed by atoms with Crippen LogP contribution in [0.4, 0.5) is 4.39 Å². The Kier molecular flexibility index (Phi) is 4.33. The van der Waals surface area contributed by atoms with Crippen LogP contribution in [0.3, 0.4) is 0 Å². The molecule has 0 atom stereocenters. The van der Waals surface area contributed by atoms with E-state index in [1.165, 1.54) is 11.4 Å². The minimum absolute atomic E-state index is 0.112. The molecule has 0 saturated heterocycles. The van der Waals surface area contributed by atoms with Crippen LogP contribution in [0.25, 0.3) is 0 Å². The fourth-order valence-electron chi connectivity index (χ4n) is 1.54. The van der Waals surface area contributed by atoms with Gasteiger partial charge in [-0.3, -0.25) is 4.79 Å². The zero-order chi connectivity index (χ0) is 14.8. The molecule has 0 saturated carbocycles. The third-order valence-electron chi connectivity index (χ3n) is 2.54. The largest absolute Gasteiger partial charge is 0.326 e. The second kappa shape index (κ2) is 5.83. The van der Waals surface area contributed by atoms with Gasteiger partial charge in [-0.05, 0) is 17.7 Å². The first-order valence-electron chi connectivity index (χ1n) is 5.57. The van der Waals surface area contributed by atoms with E-state index in [4.69, 9.17) is 5.73 Å². The molecule has 0 aliphatic carbocycles. The fourth-order valence-corrected chi connectivity index (χ4v) is 3.19. The first kappa shape index (κ1) is 14.9. The van der Waals surface area contributed by atoms with Crippen LogP contribution in [-0.4, -0.2) is 13.4 Å². The maximum absolute atomic E-state index is 13.7. The van der Waals surface area contributed by atoms with Crippen molar-refractivity contribution in [3.63, 3.8) is 0 Å². The molecule has 0 spiro atoms. The maximum Gasteiger partial charge on any atom is 0.304 e. The van der Waals surface area contributed by atoms with Crippen LogP contribution in [0, 0.1) is 5.82 Å². The Hall–Kier alpha value is -1.55. The Morgan fingerprint density at radius 1 is 1.40 bits per heavy atom. The summed E-state index contributed by atoms with van der Waals surface area (Å²) in [5.41, 5.74) is 6.27. The monoisotopic (exact) mass is 317 g/mol. The summed E-state index contributed by atoms with van der Waals surface area (Å²) in [5, 5.41) is 1.50. The van der Waals surface area contributed by atoms with E-state index in [1.54, 1.807) is 0 Å². The molecule has 1 heterocycles. The number of H-pyrrole nitrogens is 1. The summed E-state index contributed by atoms with van der Waals surface area (Å²) in [6.45, 7) is 0.0139. The Morgan fingerprint density at radius 2 is 2.15 bits per heavy atom. The summed E-state index contributed by atoms with van der Waals surface area (Å²) in [4.78, 5) is 12.7. The lowest BCUT2D eigenvalue weighted by atomic mass is 10.2. The molecule has 0 radical (unpaired) electrons. The van der Waals surface area contributed by atoms with Gasteiger partial charge in [0.25, 0.3) is 0 Å². The van der Waals surface area contributed by atoms with Gasteiger partial charge in [0.05, 0.1) is 6.54 Å². The second-order valence-electron chi connectivity index (χ2n) is 3.97. The van der Waals surface area contributed by atoms with Gasteiger partial charge in [-0.2, -0.15) is 0 Å². The average Bonchev–Trinajstić information content (AvgIpc) is 2.82. The van der Waals surface area contributed by atoms with E-state index in [9.17, 15) is 17.6 Å². The smallest absolute Gasteiger partial charge is 0.304 e. The molecule has 6 nitrogen and oxygen atoms in total. The lowest BCUT2D eigenvalue weighted by Gasteiger charge is -2.07. The molecule has 4 N–H and O–H groups in total. The van der Waals surface area contributed by atoms with E-state index < -0.39 is 20.7 Å². The van der Waals surface area contributed by atoms with Gasteiger partial charge < -0.3 is 10.7 Å². The number of benzene rings is 1. The second-order valence-corrected chi connectivity index (χ2v) is 6.54. The van der Waals surface area contributed by atoms with Gasteiger partial charge in [0.1, 0.15) is 10.7 Å². The number of halogens is 1. The first-order chi connectivity index (χ1) is 9.42. The molecular formula is C11H12FN3O3S2. The van der Waals surface area contributed by atoms with Crippen LogP contribution in [0.1, 0.15) is 11.3 Å². The predicted octanol–water partition coefficient (Wildman–Crippen LogP) is 0.513. The van der Waals surface area contributed by atoms with Crippen LogP contribution >= 0.6 is 11.3 Å². The molecule has 2 aromatic rings. The van der Waals surface area contributed by atoms with Crippen molar-refractivity contribution >= 4 is 21.4 Å². The van der Waals surface area contributed by atoms with Crippen molar-refractivity contribution in [3.05, 3.63) is 50.3 Å². The summed E-state index contributed by atoms with van der Waals surface area (Å²) in [6, 6.07) is 3.70. The fraction of sp³-hybridized carbons (Fsp3) is 0.182. The standard InChI is InChI=1S/C11H12FN3O3S2/c12-9-3-7(4-13)1-2-10(9)20(17,18)14-5-8-6-19-11(16)15-8/h1-3,6,14H,4-5,13H2,(H,15,16). The number of hydrogen-bond donors (Lipinski definition) is 3. The van der Waals surface area contributed by atoms with Crippen LogP contribution in [0.2, 0.25) is 0 Å². The summed E-state index contributed by atoms with van der Waals surface area (Å²) in [7, 11) is -3.99. The number of sulfonamides is 1. The third kappa shape index (κ3) is 3.31. The van der Waals surface area contributed by atoms with Gasteiger partial charge in [-0.1, -0.05) is 17.4 Å². The minimum Gasteiger partial charge on any atom is -0.326 e. The van der Waals surface area contributed by atoms with Crippen LogP contribution in [0.5, 0.6) is 0 Å². The number of aromatic amines is 1. The highest BCUT2D eigenvalue weighted by Gasteiger charge is 2.19. The van der Waals surface area contributed by atoms with E-state index in [0.717, 1.165) is 23.5 Å². The number of rotatable bonds is 5. The average molecular weight is 317 g/mol. The molecule has 2 rings (SSSR count). The molecule has 20 heavy (non-hydrogen) atoms. The SMILES string of the molecule is NCc1ccc(S(=O)(=O)NCc2csc(=O)[nH]2)c(F)c1. The topological polar surface area (TPSA) is 105 Å². The molecule has 9 heteroatoms. The van der Waals surface area contributed by atoms with Gasteiger partial charge in [-0.25, -0.2) is 17.5 Å². The van der Waals surface area contributed by atoms with Crippen molar-refractivity contribution in [1.82, 2.24) is 9.71 Å². The lowest BCUT2D eigenvalue weighted by Crippen LogP contribution is -2.24. The highest BCUT2D eigenvalue weighted by atomic mass is 32.2. The van der Waals surface area contributed by atoms with Crippen molar-refractivity contribution < 1.29 is 12.8 Å². The number of nitrogens with two attached hydrogens (primary N) is 1. The number of aromatic nitrogens is 1. The van der Waals surface area contributed by atoms with Crippen molar-refractivity contribution in [2.24, 2.45) is 5.73 Å². The highest BCUT2D eigenvalue weighted by Crippen LogP contribution is 2.16. The molecule has 0 aliphatic heterocycles. The summed E-state index contributed by atoms with van der Waals surface area (Å²) in [5.74, 6) is -0.862. The normalized spacial score (nSPS) is 11.7. The Labute approximate surface area is 118 Å². The van der Waals surface area contributed by atoms with Gasteiger partial charge in [0.2, 0.25) is 10.0 Å². The van der Waals surface area contributed by atoms with Crippen molar-refractivity contribution in [2.75, 3.05) is 0 Å². The highest BCUT2D eigenvalue weighted by molar-refractivity contribution is 7.89. The van der Waals surface area contributed by atoms with Crippen molar-refractivity contribution in [3.8, 4) is 0 Å². The minimum atomic E-state index is -3.99. The van der Waals surface area contributed by atoms with Gasteiger partial charge in [0, 0.05) is 17.6 Å². The van der Waals surface area contributed by atoms with Crippen LogP contribution in [-0.2, 0) is 23.1 Å². The maximum atomic E-state index is 13.7. The molecule has 0 aliphatic rings. The number of nitrogens with one attached hydrogen (secondary N) is 2. The van der Waals surface area contributed by atoms with Gasteiger partial charge in [0.15, 0.2) is 0 Å². The molecule has 1 aromatic heterocycles. The first-order valence-corrected chi connectivity index (χ1v) is 7.93. The number of thiazole rings is 1. The summed E-state index contributed by atoms with van der Waals surface area (Å²) < 4.78 is 39.9. The summed E-state index contributed by atoms with van der Waals surface area (Å²) >= 11 is 0.925. The van der Waals surface area contributed by atoms with E-state index in [-0.39, 0.29) is 18.0 Å². The van der Waals surface area contributed by atoms with E-state index in [1.807, 2.05) is 0 Å². The van der Waals surface area contributed by atoms with E-state index in [2.05, 4.69) is 9.71 Å². The molecule has 1 aromatic carbocycles. The quantitative estimate of drug-likeness (QED) is 0.747. The Morgan fingerprint density at radius 3 is 2.70 bits per heavy atom. The molecule has 0 unspecified atom stereocenters. The van der Waals surface area contributed by atoms with Crippen LogP contribution in [0.15, 0.2) is 33.3 Å². The van der Waals surface area contributed by atoms with Crippen LogP contribution < -0.4 is 15.3 Å². The Balaban J connectivity index is 2.20. The van der Waals surface area contributed by atoms with Crippen molar-refractivity contribution in [1.29, 1.82) is 0 Å². The molecule has 0 bridgehead atoms. The molecule has 0 fully saturated rings. The van der Waals surface area contributed by atoms with Crippen molar-refractivity contribution in [2.45, 2.75) is 18.0 Å². The third-order valence-corrected chi connectivity index (χ3v) is 4.70. The lowest BCUT2D eigenvalue weighted by molar-refractivity contribution is 0.555. The zero-order valence-electron chi connectivity index (χ0n) is 10.2. The predicted molar refractivity (Wildman–Crippen MR) is 73.3 cm³/mol. The van der Waals surface area contributed by atoms with Gasteiger partial charge in [-0.15, -0.1) is 0 Å². The summed E-state index contributed by atoms with van der Waals surface area (Å²) in [6.07, 6.45) is 0.